The third-order valence-corrected chi connectivity index (χ3v) is 3.06. The number of nitrogens with zero attached hydrogens (tertiary/aromatic N) is 3. The summed E-state index contributed by atoms with van der Waals surface area (Å²) >= 11 is 2.04. The molecule has 0 saturated heterocycles. The van der Waals surface area contributed by atoms with Crippen molar-refractivity contribution < 1.29 is 9.45 Å². The summed E-state index contributed by atoms with van der Waals surface area (Å²) in [5, 5.41) is 17.4. The van der Waals surface area contributed by atoms with Gasteiger partial charge in [0.25, 0.3) is 5.69 Å². The van der Waals surface area contributed by atoms with Gasteiger partial charge in [-0.25, -0.2) is 0 Å². The number of hydrogen-bond donors (Lipinski definition) is 1. The number of aryl methyl sites for hydroxylation is 1. The Morgan fingerprint density at radius 1 is 1.56 bits per heavy atom. The molecule has 0 aliphatic carbocycles. The standard InChI is InChI=1S/C10H9IN4O3/c1-6-13-10(14-18-6)5-12-9-3-2-7(15(16)17)4-8(9)11/h2-4,12H,5H2,1H3. The number of nitrogens with one attached hydrogen (secondary N) is 1. The van der Waals surface area contributed by atoms with Gasteiger partial charge in [-0.3, -0.25) is 10.1 Å². The van der Waals surface area contributed by atoms with Crippen LogP contribution in [-0.2, 0) is 6.54 Å². The third-order valence-electron chi connectivity index (χ3n) is 2.17. The molecule has 0 fully saturated rings. The number of aromatic nitrogens is 2. The van der Waals surface area contributed by atoms with Crippen molar-refractivity contribution in [3.8, 4) is 0 Å². The summed E-state index contributed by atoms with van der Waals surface area (Å²) in [6.45, 7) is 2.12. The zero-order chi connectivity index (χ0) is 13.1. The summed E-state index contributed by atoms with van der Waals surface area (Å²) in [5.41, 5.74) is 0.865. The number of anilines is 1. The van der Waals surface area contributed by atoms with Crippen molar-refractivity contribution in [2.24, 2.45) is 0 Å². The van der Waals surface area contributed by atoms with Gasteiger partial charge in [-0.15, -0.1) is 0 Å². The Balaban J connectivity index is 2.08. The first-order valence-corrected chi connectivity index (χ1v) is 6.11. The molecule has 1 aromatic heterocycles. The summed E-state index contributed by atoms with van der Waals surface area (Å²) in [7, 11) is 0. The molecule has 18 heavy (non-hydrogen) atoms. The molecule has 0 aliphatic rings. The number of benzene rings is 1. The Hall–Kier alpha value is -1.71. The van der Waals surface area contributed by atoms with Crippen molar-refractivity contribution in [1.29, 1.82) is 0 Å². The van der Waals surface area contributed by atoms with E-state index in [1.807, 2.05) is 22.6 Å². The maximum absolute atomic E-state index is 10.6. The van der Waals surface area contributed by atoms with Crippen molar-refractivity contribution in [3.05, 3.63) is 43.6 Å². The van der Waals surface area contributed by atoms with Crippen molar-refractivity contribution in [3.63, 3.8) is 0 Å². The fourth-order valence-electron chi connectivity index (χ4n) is 1.35. The number of non-ortho nitro benzene ring substituents is 1. The Morgan fingerprint density at radius 3 is 2.89 bits per heavy atom. The molecule has 94 valence electrons. The van der Waals surface area contributed by atoms with E-state index in [4.69, 9.17) is 4.52 Å². The van der Waals surface area contributed by atoms with Gasteiger partial charge in [-0.05, 0) is 28.7 Å². The van der Waals surface area contributed by atoms with E-state index in [1.54, 1.807) is 13.0 Å². The number of nitro groups is 1. The Labute approximate surface area is 116 Å². The van der Waals surface area contributed by atoms with Gasteiger partial charge < -0.3 is 9.84 Å². The van der Waals surface area contributed by atoms with E-state index in [0.29, 0.717) is 18.3 Å². The number of halogens is 1. The van der Waals surface area contributed by atoms with Gasteiger partial charge in [0, 0.05) is 28.3 Å². The molecule has 0 spiro atoms. The van der Waals surface area contributed by atoms with Crippen LogP contribution in [0.25, 0.3) is 0 Å². The minimum Gasteiger partial charge on any atom is -0.377 e. The van der Waals surface area contributed by atoms with Gasteiger partial charge in [0.2, 0.25) is 5.89 Å². The normalized spacial score (nSPS) is 10.3. The molecule has 0 unspecified atom stereocenters. The summed E-state index contributed by atoms with van der Waals surface area (Å²) in [4.78, 5) is 14.2. The SMILES string of the molecule is Cc1nc(CNc2ccc([N+](=O)[O-])cc2I)no1. The molecule has 0 bridgehead atoms. The molecular formula is C10H9IN4O3. The minimum atomic E-state index is -0.422. The van der Waals surface area contributed by atoms with E-state index in [-0.39, 0.29) is 5.69 Å². The zero-order valence-corrected chi connectivity index (χ0v) is 11.5. The first-order chi connectivity index (χ1) is 8.56. The van der Waals surface area contributed by atoms with Crippen LogP contribution in [0.15, 0.2) is 22.7 Å². The molecule has 2 aromatic rings. The topological polar surface area (TPSA) is 94.1 Å². The summed E-state index contributed by atoms with van der Waals surface area (Å²) in [5.74, 6) is 1.05. The largest absolute Gasteiger partial charge is 0.377 e. The molecule has 8 heteroatoms. The molecule has 1 N–H and O–H groups in total. The summed E-state index contributed by atoms with van der Waals surface area (Å²) in [6, 6.07) is 4.61. The highest BCUT2D eigenvalue weighted by atomic mass is 127. The van der Waals surface area contributed by atoms with Gasteiger partial charge >= 0.3 is 0 Å². The highest BCUT2D eigenvalue weighted by Crippen LogP contribution is 2.23. The van der Waals surface area contributed by atoms with Gasteiger partial charge in [0.1, 0.15) is 0 Å². The van der Waals surface area contributed by atoms with Crippen molar-refractivity contribution in [1.82, 2.24) is 10.1 Å². The highest BCUT2D eigenvalue weighted by molar-refractivity contribution is 14.1. The lowest BCUT2D eigenvalue weighted by Crippen LogP contribution is -2.03. The number of nitro benzene ring substituents is 1. The van der Waals surface area contributed by atoms with Crippen molar-refractivity contribution in [2.75, 3.05) is 5.32 Å². The summed E-state index contributed by atoms with van der Waals surface area (Å²) < 4.78 is 5.61. The van der Waals surface area contributed by atoms with E-state index in [0.717, 1.165) is 9.26 Å². The molecule has 7 nitrogen and oxygen atoms in total. The average molecular weight is 360 g/mol. The van der Waals surface area contributed by atoms with Crippen LogP contribution in [0, 0.1) is 20.6 Å². The second-order valence-electron chi connectivity index (χ2n) is 3.50. The van der Waals surface area contributed by atoms with Gasteiger partial charge in [-0.1, -0.05) is 5.16 Å². The van der Waals surface area contributed by atoms with Crippen LogP contribution in [0.2, 0.25) is 0 Å². The number of rotatable bonds is 4. The molecule has 1 heterocycles. The maximum Gasteiger partial charge on any atom is 0.270 e. The first-order valence-electron chi connectivity index (χ1n) is 5.03. The monoisotopic (exact) mass is 360 g/mol. The Morgan fingerprint density at radius 2 is 2.33 bits per heavy atom. The third kappa shape index (κ3) is 2.94. The van der Waals surface area contributed by atoms with E-state index in [1.165, 1.54) is 12.1 Å². The summed E-state index contributed by atoms with van der Waals surface area (Å²) in [6.07, 6.45) is 0. The van der Waals surface area contributed by atoms with E-state index < -0.39 is 4.92 Å². The molecule has 0 radical (unpaired) electrons. The fraction of sp³-hybridized carbons (Fsp3) is 0.200. The van der Waals surface area contributed by atoms with Crippen LogP contribution >= 0.6 is 22.6 Å². The van der Waals surface area contributed by atoms with Crippen LogP contribution in [0.3, 0.4) is 0 Å². The van der Waals surface area contributed by atoms with Gasteiger partial charge in [0.05, 0.1) is 11.5 Å². The lowest BCUT2D eigenvalue weighted by molar-refractivity contribution is -0.384. The quantitative estimate of drug-likeness (QED) is 0.512. The first kappa shape index (κ1) is 12.7. The lowest BCUT2D eigenvalue weighted by atomic mass is 10.3. The molecule has 0 aliphatic heterocycles. The van der Waals surface area contributed by atoms with E-state index in [2.05, 4.69) is 15.5 Å². The maximum atomic E-state index is 10.6. The van der Waals surface area contributed by atoms with Crippen LogP contribution in [0.4, 0.5) is 11.4 Å². The Kier molecular flexibility index (Phi) is 3.75. The van der Waals surface area contributed by atoms with Crippen LogP contribution in [0.1, 0.15) is 11.7 Å². The lowest BCUT2D eigenvalue weighted by Gasteiger charge is -2.05. The molecule has 0 saturated carbocycles. The average Bonchev–Trinajstić information content (AvgIpc) is 2.73. The molecule has 0 amide bonds. The minimum absolute atomic E-state index is 0.0698. The number of hydrogen-bond acceptors (Lipinski definition) is 6. The predicted octanol–water partition coefficient (Wildman–Crippen LogP) is 2.50. The van der Waals surface area contributed by atoms with Crippen molar-refractivity contribution in [2.45, 2.75) is 13.5 Å². The van der Waals surface area contributed by atoms with Crippen LogP contribution in [0.5, 0.6) is 0 Å². The van der Waals surface area contributed by atoms with Gasteiger partial charge in [0.15, 0.2) is 5.82 Å². The molecular weight excluding hydrogens is 351 g/mol. The molecule has 2 rings (SSSR count). The highest BCUT2D eigenvalue weighted by Gasteiger charge is 2.09. The van der Waals surface area contributed by atoms with E-state index in [9.17, 15) is 10.1 Å². The molecule has 1 aromatic carbocycles. The van der Waals surface area contributed by atoms with Gasteiger partial charge in [-0.2, -0.15) is 4.98 Å². The van der Waals surface area contributed by atoms with Crippen LogP contribution in [-0.4, -0.2) is 15.1 Å². The zero-order valence-electron chi connectivity index (χ0n) is 9.38. The second-order valence-corrected chi connectivity index (χ2v) is 4.67. The molecule has 0 atom stereocenters. The van der Waals surface area contributed by atoms with Crippen LogP contribution < -0.4 is 5.32 Å². The van der Waals surface area contributed by atoms with E-state index >= 15 is 0 Å². The second kappa shape index (κ2) is 5.29. The smallest absolute Gasteiger partial charge is 0.270 e. The van der Waals surface area contributed by atoms with Crippen molar-refractivity contribution >= 4 is 34.0 Å². The predicted molar refractivity (Wildman–Crippen MR) is 72.2 cm³/mol. The Bertz CT molecular complexity index is 584. The fourth-order valence-corrected chi connectivity index (χ4v) is 2.04.